The maximum absolute atomic E-state index is 12.6. The summed E-state index contributed by atoms with van der Waals surface area (Å²) < 4.78 is 6.24. The maximum Gasteiger partial charge on any atom is 0.257 e. The lowest BCUT2D eigenvalue weighted by molar-refractivity contribution is 0.0684. The molecule has 0 atom stereocenters. The third-order valence-electron chi connectivity index (χ3n) is 4.10. The SMILES string of the molecule is CNCCC1CCN(C(=O)c2ccc(Br)cc2OC)CC1.Cl. The molecule has 22 heavy (non-hydrogen) atoms. The topological polar surface area (TPSA) is 41.6 Å². The van der Waals surface area contributed by atoms with E-state index in [9.17, 15) is 4.79 Å². The van der Waals surface area contributed by atoms with Crippen LogP contribution in [-0.2, 0) is 0 Å². The molecule has 0 radical (unpaired) electrons. The van der Waals surface area contributed by atoms with E-state index in [1.54, 1.807) is 7.11 Å². The van der Waals surface area contributed by atoms with Crippen molar-refractivity contribution in [3.05, 3.63) is 28.2 Å². The Balaban J connectivity index is 0.00000242. The zero-order valence-electron chi connectivity index (χ0n) is 13.1. The number of ether oxygens (including phenoxy) is 1. The summed E-state index contributed by atoms with van der Waals surface area (Å²) >= 11 is 3.40. The number of likely N-dealkylation sites (tertiary alicyclic amines) is 1. The van der Waals surface area contributed by atoms with E-state index >= 15 is 0 Å². The minimum Gasteiger partial charge on any atom is -0.496 e. The van der Waals surface area contributed by atoms with Gasteiger partial charge in [-0.25, -0.2) is 0 Å². The molecule has 0 bridgehead atoms. The summed E-state index contributed by atoms with van der Waals surface area (Å²) in [6.45, 7) is 2.73. The molecule has 1 amide bonds. The molecular weight excluding hydrogens is 368 g/mol. The van der Waals surface area contributed by atoms with E-state index in [4.69, 9.17) is 4.74 Å². The fourth-order valence-electron chi connectivity index (χ4n) is 2.79. The van der Waals surface area contributed by atoms with Crippen LogP contribution in [0.2, 0.25) is 0 Å². The fraction of sp³-hybridized carbons (Fsp3) is 0.562. The molecule has 0 aromatic heterocycles. The van der Waals surface area contributed by atoms with Crippen molar-refractivity contribution in [2.45, 2.75) is 19.3 Å². The first-order valence-electron chi connectivity index (χ1n) is 7.43. The zero-order valence-corrected chi connectivity index (χ0v) is 15.5. The molecule has 1 N–H and O–H groups in total. The Morgan fingerprint density at radius 1 is 1.41 bits per heavy atom. The van der Waals surface area contributed by atoms with Gasteiger partial charge in [-0.05, 0) is 57.0 Å². The molecule has 1 fully saturated rings. The number of nitrogens with zero attached hydrogens (tertiary/aromatic N) is 1. The van der Waals surface area contributed by atoms with Crippen LogP contribution in [0, 0.1) is 5.92 Å². The molecule has 1 heterocycles. The average molecular weight is 392 g/mol. The van der Waals surface area contributed by atoms with Gasteiger partial charge in [0.1, 0.15) is 5.75 Å². The van der Waals surface area contributed by atoms with Crippen molar-refractivity contribution >= 4 is 34.2 Å². The van der Waals surface area contributed by atoms with Crippen molar-refractivity contribution in [2.24, 2.45) is 5.92 Å². The highest BCUT2D eigenvalue weighted by Gasteiger charge is 2.25. The van der Waals surface area contributed by atoms with Gasteiger partial charge < -0.3 is 15.0 Å². The van der Waals surface area contributed by atoms with Crippen molar-refractivity contribution in [1.29, 1.82) is 0 Å². The highest BCUT2D eigenvalue weighted by molar-refractivity contribution is 9.10. The van der Waals surface area contributed by atoms with Gasteiger partial charge >= 0.3 is 0 Å². The summed E-state index contributed by atoms with van der Waals surface area (Å²) in [6.07, 6.45) is 3.37. The first kappa shape index (κ1) is 19.3. The van der Waals surface area contributed by atoms with Gasteiger partial charge in [0.05, 0.1) is 12.7 Å². The van der Waals surface area contributed by atoms with Crippen LogP contribution in [0.25, 0.3) is 0 Å². The molecule has 1 aliphatic heterocycles. The van der Waals surface area contributed by atoms with E-state index in [-0.39, 0.29) is 18.3 Å². The number of methoxy groups -OCH3 is 1. The Kier molecular flexibility index (Phi) is 8.21. The lowest BCUT2D eigenvalue weighted by atomic mass is 9.93. The smallest absolute Gasteiger partial charge is 0.257 e. The van der Waals surface area contributed by atoms with Crippen molar-refractivity contribution in [1.82, 2.24) is 10.2 Å². The van der Waals surface area contributed by atoms with E-state index in [1.165, 1.54) is 6.42 Å². The Hall–Kier alpha value is -0.780. The molecule has 0 unspecified atom stereocenters. The van der Waals surface area contributed by atoms with Crippen LogP contribution in [0.3, 0.4) is 0 Å². The second kappa shape index (κ2) is 9.38. The number of piperidine rings is 1. The minimum absolute atomic E-state index is 0. The number of benzene rings is 1. The number of halogens is 2. The highest BCUT2D eigenvalue weighted by Crippen LogP contribution is 2.27. The standard InChI is InChI=1S/C16H23BrN2O2.ClH/c1-18-8-5-12-6-9-19(10-7-12)16(20)14-4-3-13(17)11-15(14)21-2;/h3-4,11-12,18H,5-10H2,1-2H3;1H. The Morgan fingerprint density at radius 3 is 2.68 bits per heavy atom. The molecule has 1 aliphatic rings. The van der Waals surface area contributed by atoms with E-state index in [2.05, 4.69) is 21.2 Å². The summed E-state index contributed by atoms with van der Waals surface area (Å²) in [5.74, 6) is 1.44. The number of nitrogens with one attached hydrogen (secondary N) is 1. The van der Waals surface area contributed by atoms with Gasteiger partial charge in [0, 0.05) is 17.6 Å². The van der Waals surface area contributed by atoms with Crippen molar-refractivity contribution in [3.8, 4) is 5.75 Å². The molecule has 1 aromatic rings. The first-order valence-corrected chi connectivity index (χ1v) is 8.22. The third-order valence-corrected chi connectivity index (χ3v) is 4.59. The minimum atomic E-state index is 0. The van der Waals surface area contributed by atoms with Crippen LogP contribution < -0.4 is 10.1 Å². The predicted molar refractivity (Wildman–Crippen MR) is 95.1 cm³/mol. The van der Waals surface area contributed by atoms with Crippen LogP contribution in [0.4, 0.5) is 0 Å². The van der Waals surface area contributed by atoms with Crippen LogP contribution >= 0.6 is 28.3 Å². The third kappa shape index (κ3) is 4.86. The number of amides is 1. The zero-order chi connectivity index (χ0) is 15.2. The quantitative estimate of drug-likeness (QED) is 0.837. The van der Waals surface area contributed by atoms with E-state index < -0.39 is 0 Å². The summed E-state index contributed by atoms with van der Waals surface area (Å²) in [7, 11) is 3.58. The monoisotopic (exact) mass is 390 g/mol. The van der Waals surface area contributed by atoms with Gasteiger partial charge in [0.15, 0.2) is 0 Å². The average Bonchev–Trinajstić information content (AvgIpc) is 2.52. The molecule has 0 saturated carbocycles. The molecule has 1 aromatic carbocycles. The van der Waals surface area contributed by atoms with Crippen molar-refractivity contribution < 1.29 is 9.53 Å². The second-order valence-electron chi connectivity index (χ2n) is 5.47. The summed E-state index contributed by atoms with van der Waals surface area (Å²) in [5, 5.41) is 3.19. The van der Waals surface area contributed by atoms with Crippen LogP contribution in [-0.4, -0.2) is 44.6 Å². The van der Waals surface area contributed by atoms with Gasteiger partial charge in [-0.15, -0.1) is 12.4 Å². The van der Waals surface area contributed by atoms with Gasteiger partial charge in [0.2, 0.25) is 0 Å². The van der Waals surface area contributed by atoms with Gasteiger partial charge in [-0.2, -0.15) is 0 Å². The normalized spacial score (nSPS) is 15.3. The summed E-state index contributed by atoms with van der Waals surface area (Å²) in [4.78, 5) is 14.6. The Bertz CT molecular complexity index is 491. The van der Waals surface area contributed by atoms with Crippen LogP contribution in [0.1, 0.15) is 29.6 Å². The number of rotatable bonds is 5. The number of hydrogen-bond acceptors (Lipinski definition) is 3. The Morgan fingerprint density at radius 2 is 2.09 bits per heavy atom. The molecule has 6 heteroatoms. The number of carbonyl (C=O) groups is 1. The molecule has 4 nitrogen and oxygen atoms in total. The molecule has 2 rings (SSSR count). The van der Waals surface area contributed by atoms with E-state index in [0.29, 0.717) is 11.3 Å². The molecular formula is C16H24BrClN2O2. The van der Waals surface area contributed by atoms with Crippen LogP contribution in [0.5, 0.6) is 5.75 Å². The summed E-state index contributed by atoms with van der Waals surface area (Å²) in [6, 6.07) is 5.56. The second-order valence-corrected chi connectivity index (χ2v) is 6.39. The van der Waals surface area contributed by atoms with E-state index in [1.807, 2.05) is 30.1 Å². The molecule has 124 valence electrons. The number of hydrogen-bond donors (Lipinski definition) is 1. The molecule has 1 saturated heterocycles. The van der Waals surface area contributed by atoms with Gasteiger partial charge in [-0.1, -0.05) is 15.9 Å². The highest BCUT2D eigenvalue weighted by atomic mass is 79.9. The van der Waals surface area contributed by atoms with Crippen molar-refractivity contribution in [2.75, 3.05) is 33.8 Å². The number of carbonyl (C=O) groups excluding carboxylic acids is 1. The lowest BCUT2D eigenvalue weighted by Crippen LogP contribution is -2.39. The molecule has 0 spiro atoms. The molecule has 0 aliphatic carbocycles. The Labute approximate surface area is 147 Å². The largest absolute Gasteiger partial charge is 0.496 e. The lowest BCUT2D eigenvalue weighted by Gasteiger charge is -2.32. The van der Waals surface area contributed by atoms with E-state index in [0.717, 1.165) is 42.9 Å². The van der Waals surface area contributed by atoms with Gasteiger partial charge in [0.25, 0.3) is 5.91 Å². The van der Waals surface area contributed by atoms with Crippen LogP contribution in [0.15, 0.2) is 22.7 Å². The van der Waals surface area contributed by atoms with Gasteiger partial charge in [-0.3, -0.25) is 4.79 Å². The first-order chi connectivity index (χ1) is 10.2. The maximum atomic E-state index is 12.6. The predicted octanol–water partition coefficient (Wildman–Crippen LogP) is 3.34. The fourth-order valence-corrected chi connectivity index (χ4v) is 3.13. The van der Waals surface area contributed by atoms with Crippen molar-refractivity contribution in [3.63, 3.8) is 0 Å². The summed E-state index contributed by atoms with van der Waals surface area (Å²) in [5.41, 5.74) is 0.648.